The topological polar surface area (TPSA) is 30.3 Å². The van der Waals surface area contributed by atoms with Crippen LogP contribution in [-0.2, 0) is 6.54 Å². The average molecular weight is 349 g/mol. The van der Waals surface area contributed by atoms with Crippen LogP contribution in [0.5, 0.6) is 0 Å². The number of benzene rings is 2. The van der Waals surface area contributed by atoms with Crippen LogP contribution >= 0.6 is 0 Å². The highest BCUT2D eigenvalue weighted by Crippen LogP contribution is 2.17. The molecule has 2 aromatic carbocycles. The molecule has 4 heteroatoms. The summed E-state index contributed by atoms with van der Waals surface area (Å²) in [7, 11) is 0. The Morgan fingerprint density at radius 2 is 1.69 bits per heavy atom. The van der Waals surface area contributed by atoms with Crippen molar-refractivity contribution in [2.24, 2.45) is 0 Å². The molecular formula is C22H27N3O. The molecule has 0 aliphatic carbocycles. The zero-order chi connectivity index (χ0) is 18.4. The first-order valence-corrected chi connectivity index (χ1v) is 9.35. The zero-order valence-corrected chi connectivity index (χ0v) is 15.9. The Labute approximate surface area is 155 Å². The van der Waals surface area contributed by atoms with Gasteiger partial charge in [-0.05, 0) is 49.3 Å². The molecule has 1 heterocycles. The Bertz CT molecular complexity index is 861. The number of para-hydroxylation sites is 2. The van der Waals surface area contributed by atoms with Gasteiger partial charge >= 0.3 is 0 Å². The smallest absolute Gasteiger partial charge is 0.169 e. The van der Waals surface area contributed by atoms with Crippen molar-refractivity contribution >= 4 is 23.2 Å². The van der Waals surface area contributed by atoms with Gasteiger partial charge in [0.05, 0.1) is 5.52 Å². The van der Waals surface area contributed by atoms with Crippen LogP contribution in [0.4, 0.5) is 0 Å². The Hall–Kier alpha value is -2.59. The van der Waals surface area contributed by atoms with Gasteiger partial charge in [-0.25, -0.2) is 4.98 Å². The van der Waals surface area contributed by atoms with Crippen LogP contribution in [-0.4, -0.2) is 34.3 Å². The molecule has 0 saturated carbocycles. The minimum absolute atomic E-state index is 0.598. The van der Waals surface area contributed by atoms with Gasteiger partial charge in [0.25, 0.3) is 0 Å². The molecule has 0 spiro atoms. The number of hydrogen-bond donors (Lipinski definition) is 0. The fraction of sp³-hybridized carbons (Fsp3) is 0.318. The SMILES string of the molecule is CCOn1c(/C=C/c2ccc(CN(CC)CC)cc2)nc2ccccc21. The van der Waals surface area contributed by atoms with Crippen molar-refractivity contribution in [3.05, 3.63) is 65.5 Å². The first-order valence-electron chi connectivity index (χ1n) is 9.35. The largest absolute Gasteiger partial charge is 0.412 e. The molecule has 3 rings (SSSR count). The molecule has 136 valence electrons. The van der Waals surface area contributed by atoms with E-state index in [1.54, 1.807) is 4.73 Å². The summed E-state index contributed by atoms with van der Waals surface area (Å²) in [5.41, 5.74) is 4.43. The van der Waals surface area contributed by atoms with Crippen LogP contribution in [0.3, 0.4) is 0 Å². The van der Waals surface area contributed by atoms with Crippen molar-refractivity contribution in [1.29, 1.82) is 0 Å². The van der Waals surface area contributed by atoms with Crippen molar-refractivity contribution in [2.45, 2.75) is 27.3 Å². The summed E-state index contributed by atoms with van der Waals surface area (Å²) in [6.07, 6.45) is 4.09. The summed E-state index contributed by atoms with van der Waals surface area (Å²) in [5, 5.41) is 0. The highest BCUT2D eigenvalue weighted by atomic mass is 16.7. The van der Waals surface area contributed by atoms with E-state index >= 15 is 0 Å². The van der Waals surface area contributed by atoms with Gasteiger partial charge in [-0.15, -0.1) is 0 Å². The number of aromatic nitrogens is 2. The molecule has 0 aliphatic heterocycles. The van der Waals surface area contributed by atoms with Gasteiger partial charge in [0.2, 0.25) is 0 Å². The summed E-state index contributed by atoms with van der Waals surface area (Å²) in [4.78, 5) is 12.8. The highest BCUT2D eigenvalue weighted by molar-refractivity contribution is 5.79. The summed E-state index contributed by atoms with van der Waals surface area (Å²) >= 11 is 0. The van der Waals surface area contributed by atoms with E-state index in [1.807, 2.05) is 37.3 Å². The molecule has 0 amide bonds. The summed E-state index contributed by atoms with van der Waals surface area (Å²) in [5.74, 6) is 0.806. The molecule has 3 aromatic rings. The van der Waals surface area contributed by atoms with Gasteiger partial charge in [-0.2, -0.15) is 4.73 Å². The Balaban J connectivity index is 1.79. The average Bonchev–Trinajstić information content (AvgIpc) is 3.03. The van der Waals surface area contributed by atoms with Crippen LogP contribution in [0, 0.1) is 0 Å². The Morgan fingerprint density at radius 1 is 0.962 bits per heavy atom. The summed E-state index contributed by atoms with van der Waals surface area (Å²) < 4.78 is 1.81. The van der Waals surface area contributed by atoms with Gasteiger partial charge in [-0.1, -0.05) is 56.3 Å². The maximum absolute atomic E-state index is 5.76. The number of nitrogens with zero attached hydrogens (tertiary/aromatic N) is 3. The summed E-state index contributed by atoms with van der Waals surface area (Å²) in [6, 6.07) is 16.7. The first kappa shape index (κ1) is 18.2. The first-order chi connectivity index (χ1) is 12.7. The third-order valence-corrected chi connectivity index (χ3v) is 4.51. The van der Waals surface area contributed by atoms with Gasteiger partial charge < -0.3 is 4.84 Å². The molecule has 0 unspecified atom stereocenters. The number of fused-ring (bicyclic) bond motifs is 1. The number of rotatable bonds is 8. The molecule has 0 atom stereocenters. The zero-order valence-electron chi connectivity index (χ0n) is 15.9. The molecule has 4 nitrogen and oxygen atoms in total. The maximum atomic E-state index is 5.76. The summed E-state index contributed by atoms with van der Waals surface area (Å²) in [6.45, 7) is 10.1. The van der Waals surface area contributed by atoms with Crippen LogP contribution in [0.1, 0.15) is 37.7 Å². The molecular weight excluding hydrogens is 322 g/mol. The van der Waals surface area contributed by atoms with Crippen molar-refractivity contribution in [3.63, 3.8) is 0 Å². The quantitative estimate of drug-likeness (QED) is 0.600. The predicted octanol–water partition coefficient (Wildman–Crippen LogP) is 4.50. The third kappa shape index (κ3) is 4.14. The van der Waals surface area contributed by atoms with Gasteiger partial charge in [0.1, 0.15) is 12.1 Å². The minimum Gasteiger partial charge on any atom is -0.412 e. The second kappa shape index (κ2) is 8.68. The normalized spacial score (nSPS) is 11.7. The Kier molecular flexibility index (Phi) is 6.08. The molecule has 0 radical (unpaired) electrons. The monoisotopic (exact) mass is 349 g/mol. The van der Waals surface area contributed by atoms with Crippen molar-refractivity contribution in [3.8, 4) is 0 Å². The third-order valence-electron chi connectivity index (χ3n) is 4.51. The fourth-order valence-corrected chi connectivity index (χ4v) is 3.00. The van der Waals surface area contributed by atoms with E-state index in [0.29, 0.717) is 6.61 Å². The molecule has 0 N–H and O–H groups in total. The van der Waals surface area contributed by atoms with E-state index in [9.17, 15) is 0 Å². The van der Waals surface area contributed by atoms with Gasteiger partial charge in [0, 0.05) is 6.54 Å². The van der Waals surface area contributed by atoms with E-state index in [0.717, 1.165) is 42.1 Å². The second-order valence-electron chi connectivity index (χ2n) is 6.21. The molecule has 0 fully saturated rings. The lowest BCUT2D eigenvalue weighted by Gasteiger charge is -2.17. The lowest BCUT2D eigenvalue weighted by atomic mass is 10.1. The minimum atomic E-state index is 0.598. The number of imidazole rings is 1. The maximum Gasteiger partial charge on any atom is 0.169 e. The van der Waals surface area contributed by atoms with E-state index in [4.69, 9.17) is 4.84 Å². The second-order valence-corrected chi connectivity index (χ2v) is 6.21. The van der Waals surface area contributed by atoms with E-state index in [1.165, 1.54) is 5.56 Å². The highest BCUT2D eigenvalue weighted by Gasteiger charge is 2.08. The van der Waals surface area contributed by atoms with Gasteiger partial charge in [0.15, 0.2) is 5.82 Å². The molecule has 0 aliphatic rings. The lowest BCUT2D eigenvalue weighted by molar-refractivity contribution is 0.129. The van der Waals surface area contributed by atoms with E-state index < -0.39 is 0 Å². The predicted molar refractivity (Wildman–Crippen MR) is 109 cm³/mol. The fourth-order valence-electron chi connectivity index (χ4n) is 3.00. The van der Waals surface area contributed by atoms with Crippen LogP contribution in [0.25, 0.3) is 23.2 Å². The van der Waals surface area contributed by atoms with Crippen molar-refractivity contribution in [2.75, 3.05) is 19.7 Å². The van der Waals surface area contributed by atoms with Crippen LogP contribution in [0.15, 0.2) is 48.5 Å². The van der Waals surface area contributed by atoms with Crippen LogP contribution in [0.2, 0.25) is 0 Å². The number of hydrogen-bond acceptors (Lipinski definition) is 3. The van der Waals surface area contributed by atoms with E-state index in [2.05, 4.69) is 54.1 Å². The lowest BCUT2D eigenvalue weighted by Crippen LogP contribution is -2.21. The van der Waals surface area contributed by atoms with Crippen molar-refractivity contribution < 1.29 is 4.84 Å². The standard InChI is InChI=1S/C22H27N3O/c1-4-24(5-2)17-19-13-11-18(12-14-19)15-16-22-23-20-9-7-8-10-21(20)25(22)26-6-3/h7-16H,4-6,17H2,1-3H3/b16-15+. The van der Waals surface area contributed by atoms with Gasteiger partial charge in [-0.3, -0.25) is 4.90 Å². The Morgan fingerprint density at radius 3 is 2.38 bits per heavy atom. The van der Waals surface area contributed by atoms with E-state index in [-0.39, 0.29) is 0 Å². The molecule has 0 bridgehead atoms. The molecule has 26 heavy (non-hydrogen) atoms. The van der Waals surface area contributed by atoms with Crippen LogP contribution < -0.4 is 4.84 Å². The molecule has 1 aromatic heterocycles. The molecule has 0 saturated heterocycles. The van der Waals surface area contributed by atoms with Crippen molar-refractivity contribution in [1.82, 2.24) is 14.6 Å².